The van der Waals surface area contributed by atoms with Gasteiger partial charge in [-0.2, -0.15) is 0 Å². The van der Waals surface area contributed by atoms with Crippen LogP contribution in [0.25, 0.3) is 0 Å². The van der Waals surface area contributed by atoms with Gasteiger partial charge in [0.15, 0.2) is 0 Å². The third kappa shape index (κ3) is 1.34. The zero-order valence-electron chi connectivity index (χ0n) is 10.8. The van der Waals surface area contributed by atoms with Crippen LogP contribution < -0.4 is 5.73 Å². The minimum Gasteiger partial charge on any atom is -0.327 e. The van der Waals surface area contributed by atoms with Crippen molar-refractivity contribution in [3.05, 3.63) is 35.4 Å². The fourth-order valence-corrected chi connectivity index (χ4v) is 3.87. The van der Waals surface area contributed by atoms with Gasteiger partial charge in [0.05, 0.1) is 0 Å². The van der Waals surface area contributed by atoms with Crippen molar-refractivity contribution in [2.24, 2.45) is 17.6 Å². The molecule has 1 aliphatic carbocycles. The van der Waals surface area contributed by atoms with E-state index in [-0.39, 0.29) is 11.5 Å². The van der Waals surface area contributed by atoms with Crippen LogP contribution in [-0.2, 0) is 11.8 Å². The molecule has 0 saturated carbocycles. The molecule has 16 heavy (non-hydrogen) atoms. The van der Waals surface area contributed by atoms with Gasteiger partial charge in [0.1, 0.15) is 0 Å². The highest BCUT2D eigenvalue weighted by Gasteiger charge is 2.49. The minimum absolute atomic E-state index is 0.163. The number of hydrogen-bond acceptors (Lipinski definition) is 1. The highest BCUT2D eigenvalue weighted by atomic mass is 14.7. The second-order valence-electron chi connectivity index (χ2n) is 5.71. The third-order valence-electron chi connectivity index (χ3n) is 4.45. The lowest BCUT2D eigenvalue weighted by Gasteiger charge is -2.42. The van der Waals surface area contributed by atoms with Crippen molar-refractivity contribution in [2.45, 2.75) is 45.6 Å². The number of nitrogens with two attached hydrogens (primary N) is 1. The molecule has 0 heterocycles. The molecule has 1 aromatic rings. The molecular weight excluding hydrogens is 194 g/mol. The molecule has 0 unspecified atom stereocenters. The van der Waals surface area contributed by atoms with E-state index in [1.54, 1.807) is 0 Å². The minimum atomic E-state index is 0.163. The van der Waals surface area contributed by atoms with Gasteiger partial charge in [-0.25, -0.2) is 0 Å². The van der Waals surface area contributed by atoms with Gasteiger partial charge < -0.3 is 5.73 Å². The standard InChI is InChI=1S/C15H23N/c1-10(2)15(11(3)4)13-8-6-5-7-12(13)9-14(15)16/h5-8,10-11,14H,9,16H2,1-4H3/t14-/m1/s1. The van der Waals surface area contributed by atoms with Gasteiger partial charge in [0, 0.05) is 11.5 Å². The summed E-state index contributed by atoms with van der Waals surface area (Å²) in [7, 11) is 0. The van der Waals surface area contributed by atoms with Crippen LogP contribution in [0.3, 0.4) is 0 Å². The summed E-state index contributed by atoms with van der Waals surface area (Å²) in [5.41, 5.74) is 9.58. The predicted octanol–water partition coefficient (Wildman–Crippen LogP) is 3.12. The van der Waals surface area contributed by atoms with E-state index in [4.69, 9.17) is 5.73 Å². The largest absolute Gasteiger partial charge is 0.327 e. The van der Waals surface area contributed by atoms with Crippen LogP contribution >= 0.6 is 0 Å². The zero-order chi connectivity index (χ0) is 11.9. The Balaban J connectivity index is 2.62. The van der Waals surface area contributed by atoms with Crippen molar-refractivity contribution in [1.82, 2.24) is 0 Å². The molecule has 1 nitrogen and oxygen atoms in total. The lowest BCUT2D eigenvalue weighted by atomic mass is 9.63. The monoisotopic (exact) mass is 217 g/mol. The van der Waals surface area contributed by atoms with Crippen LogP contribution in [0, 0.1) is 11.8 Å². The Morgan fingerprint density at radius 1 is 1.12 bits per heavy atom. The Hall–Kier alpha value is -0.820. The van der Waals surface area contributed by atoms with Gasteiger partial charge in [-0.15, -0.1) is 0 Å². The van der Waals surface area contributed by atoms with Gasteiger partial charge in [-0.05, 0) is 29.4 Å². The number of rotatable bonds is 2. The Morgan fingerprint density at radius 3 is 2.25 bits per heavy atom. The quantitative estimate of drug-likeness (QED) is 0.809. The van der Waals surface area contributed by atoms with Crippen LogP contribution in [0.15, 0.2) is 24.3 Å². The lowest BCUT2D eigenvalue weighted by molar-refractivity contribution is 0.190. The van der Waals surface area contributed by atoms with E-state index in [9.17, 15) is 0 Å². The highest BCUT2D eigenvalue weighted by molar-refractivity contribution is 5.43. The molecule has 1 aromatic carbocycles. The van der Waals surface area contributed by atoms with Crippen molar-refractivity contribution in [2.75, 3.05) is 0 Å². The van der Waals surface area contributed by atoms with Gasteiger partial charge in [0.2, 0.25) is 0 Å². The number of hydrogen-bond donors (Lipinski definition) is 1. The molecule has 0 spiro atoms. The molecule has 2 N–H and O–H groups in total. The Morgan fingerprint density at radius 2 is 1.69 bits per heavy atom. The third-order valence-corrected chi connectivity index (χ3v) is 4.45. The average Bonchev–Trinajstić information content (AvgIpc) is 2.50. The van der Waals surface area contributed by atoms with E-state index in [0.29, 0.717) is 11.8 Å². The van der Waals surface area contributed by atoms with E-state index >= 15 is 0 Å². The van der Waals surface area contributed by atoms with Crippen LogP contribution in [0.4, 0.5) is 0 Å². The first-order valence-corrected chi connectivity index (χ1v) is 6.35. The Bertz CT molecular complexity index is 371. The molecule has 0 aliphatic heterocycles. The Labute approximate surface area is 99.0 Å². The van der Waals surface area contributed by atoms with Crippen molar-refractivity contribution in [1.29, 1.82) is 0 Å². The maximum absolute atomic E-state index is 6.47. The maximum atomic E-state index is 6.47. The molecule has 0 amide bonds. The molecule has 0 aromatic heterocycles. The van der Waals surface area contributed by atoms with Crippen LogP contribution in [-0.4, -0.2) is 6.04 Å². The zero-order valence-corrected chi connectivity index (χ0v) is 10.8. The fraction of sp³-hybridized carbons (Fsp3) is 0.600. The molecule has 1 aliphatic rings. The van der Waals surface area contributed by atoms with Crippen molar-refractivity contribution in [3.63, 3.8) is 0 Å². The normalized spacial score (nSPS) is 22.8. The maximum Gasteiger partial charge on any atom is 0.0182 e. The van der Waals surface area contributed by atoms with Gasteiger partial charge in [-0.3, -0.25) is 0 Å². The second-order valence-corrected chi connectivity index (χ2v) is 5.71. The summed E-state index contributed by atoms with van der Waals surface area (Å²) in [6.45, 7) is 9.23. The molecular formula is C15H23N. The summed E-state index contributed by atoms with van der Waals surface area (Å²) >= 11 is 0. The summed E-state index contributed by atoms with van der Waals surface area (Å²) in [6, 6.07) is 9.06. The molecule has 1 atom stereocenters. The molecule has 2 rings (SSSR count). The number of fused-ring (bicyclic) bond motifs is 1. The highest BCUT2D eigenvalue weighted by Crippen LogP contribution is 2.48. The van der Waals surface area contributed by atoms with Crippen LogP contribution in [0.5, 0.6) is 0 Å². The van der Waals surface area contributed by atoms with E-state index in [2.05, 4.69) is 52.0 Å². The van der Waals surface area contributed by atoms with Gasteiger partial charge in [0.25, 0.3) is 0 Å². The smallest absolute Gasteiger partial charge is 0.0182 e. The molecule has 0 bridgehead atoms. The number of benzene rings is 1. The van der Waals surface area contributed by atoms with Gasteiger partial charge in [-0.1, -0.05) is 52.0 Å². The first-order chi connectivity index (χ1) is 7.51. The van der Waals surface area contributed by atoms with Gasteiger partial charge >= 0.3 is 0 Å². The molecule has 0 saturated heterocycles. The van der Waals surface area contributed by atoms with Crippen LogP contribution in [0.2, 0.25) is 0 Å². The topological polar surface area (TPSA) is 26.0 Å². The van der Waals surface area contributed by atoms with E-state index in [0.717, 1.165) is 6.42 Å². The molecule has 0 radical (unpaired) electrons. The Kier molecular flexibility index (Phi) is 2.83. The summed E-state index contributed by atoms with van der Waals surface area (Å²) in [6.07, 6.45) is 1.03. The van der Waals surface area contributed by atoms with E-state index < -0.39 is 0 Å². The van der Waals surface area contributed by atoms with Crippen molar-refractivity contribution < 1.29 is 0 Å². The van der Waals surface area contributed by atoms with Crippen molar-refractivity contribution >= 4 is 0 Å². The first-order valence-electron chi connectivity index (χ1n) is 6.35. The van der Waals surface area contributed by atoms with E-state index in [1.165, 1.54) is 11.1 Å². The van der Waals surface area contributed by atoms with Crippen LogP contribution in [0.1, 0.15) is 38.8 Å². The first kappa shape index (κ1) is 11.7. The molecule has 88 valence electrons. The fourth-order valence-electron chi connectivity index (χ4n) is 3.87. The summed E-state index contributed by atoms with van der Waals surface area (Å²) in [4.78, 5) is 0. The summed E-state index contributed by atoms with van der Waals surface area (Å²) in [5.74, 6) is 1.18. The van der Waals surface area contributed by atoms with E-state index in [1.807, 2.05) is 0 Å². The summed E-state index contributed by atoms with van der Waals surface area (Å²) in [5, 5.41) is 0. The van der Waals surface area contributed by atoms with Crippen molar-refractivity contribution in [3.8, 4) is 0 Å². The average molecular weight is 217 g/mol. The predicted molar refractivity (Wildman–Crippen MR) is 69.5 cm³/mol. The molecule has 1 heteroatoms. The SMILES string of the molecule is CC(C)C1(C(C)C)c2ccccc2C[C@H]1N. The summed E-state index contributed by atoms with van der Waals surface area (Å²) < 4.78 is 0. The second kappa shape index (κ2) is 3.89. The lowest BCUT2D eigenvalue weighted by Crippen LogP contribution is -2.50. The molecule has 0 fully saturated rings.